The van der Waals surface area contributed by atoms with Crippen molar-refractivity contribution < 1.29 is 9.21 Å². The molecule has 0 saturated heterocycles. The van der Waals surface area contributed by atoms with E-state index in [1.807, 2.05) is 17.5 Å². The number of furan rings is 1. The quantitative estimate of drug-likeness (QED) is 0.698. The number of aromatic nitrogens is 1. The van der Waals surface area contributed by atoms with Crippen molar-refractivity contribution >= 4 is 46.7 Å². The zero-order valence-corrected chi connectivity index (χ0v) is 14.1. The zero-order valence-electron chi connectivity index (χ0n) is 11.7. The Hall–Kier alpha value is -2.02. The molecular formula is C16H11ClN2O2S2. The third-order valence-corrected chi connectivity index (χ3v) is 4.79. The van der Waals surface area contributed by atoms with E-state index in [0.717, 1.165) is 9.43 Å². The van der Waals surface area contributed by atoms with Crippen LogP contribution in [0.2, 0.25) is 5.02 Å². The van der Waals surface area contributed by atoms with Crippen LogP contribution < -0.4 is 5.32 Å². The molecule has 0 fully saturated rings. The van der Waals surface area contributed by atoms with E-state index in [2.05, 4.69) is 10.3 Å². The smallest absolute Gasteiger partial charge is 0.255 e. The molecule has 0 saturated carbocycles. The highest BCUT2D eigenvalue weighted by atomic mass is 35.5. The molecule has 0 bridgehead atoms. The second kappa shape index (κ2) is 7.50. The first kappa shape index (κ1) is 15.9. The van der Waals surface area contributed by atoms with Crippen molar-refractivity contribution in [3.63, 3.8) is 0 Å². The highest BCUT2D eigenvalue weighted by Gasteiger charge is 2.05. The Labute approximate surface area is 146 Å². The molecule has 0 radical (unpaired) electrons. The normalized spacial score (nSPS) is 11.0. The SMILES string of the molecule is O=C(N/C=C/c1ccc(Sc2nccs2)o1)c1cccc(Cl)c1. The largest absolute Gasteiger partial charge is 0.450 e. The molecule has 3 aromatic rings. The Balaban J connectivity index is 1.58. The minimum Gasteiger partial charge on any atom is -0.450 e. The molecule has 23 heavy (non-hydrogen) atoms. The zero-order chi connectivity index (χ0) is 16.1. The van der Waals surface area contributed by atoms with Gasteiger partial charge in [0, 0.05) is 28.4 Å². The Kier molecular flexibility index (Phi) is 5.17. The number of benzene rings is 1. The molecule has 3 rings (SSSR count). The van der Waals surface area contributed by atoms with Crippen molar-refractivity contribution in [3.8, 4) is 0 Å². The molecule has 1 amide bonds. The van der Waals surface area contributed by atoms with E-state index in [1.165, 1.54) is 11.8 Å². The predicted octanol–water partition coefficient (Wildman–Crippen LogP) is 4.94. The van der Waals surface area contributed by atoms with E-state index >= 15 is 0 Å². The first-order chi connectivity index (χ1) is 11.2. The number of rotatable bonds is 5. The Bertz CT molecular complexity index is 828. The summed E-state index contributed by atoms with van der Waals surface area (Å²) in [6, 6.07) is 10.5. The molecule has 116 valence electrons. The summed E-state index contributed by atoms with van der Waals surface area (Å²) in [5.74, 6) is 0.420. The number of amides is 1. The highest BCUT2D eigenvalue weighted by molar-refractivity contribution is 8.00. The van der Waals surface area contributed by atoms with Gasteiger partial charge in [0.1, 0.15) is 5.76 Å². The van der Waals surface area contributed by atoms with Gasteiger partial charge in [-0.25, -0.2) is 4.98 Å². The molecule has 4 nitrogen and oxygen atoms in total. The summed E-state index contributed by atoms with van der Waals surface area (Å²) in [6.45, 7) is 0. The van der Waals surface area contributed by atoms with Crippen LogP contribution in [0.1, 0.15) is 16.1 Å². The van der Waals surface area contributed by atoms with Crippen LogP contribution in [-0.2, 0) is 0 Å². The lowest BCUT2D eigenvalue weighted by Crippen LogP contribution is -2.16. The Morgan fingerprint density at radius 2 is 2.26 bits per heavy atom. The fraction of sp³-hybridized carbons (Fsp3) is 0. The maximum absolute atomic E-state index is 11.9. The molecule has 0 spiro atoms. The lowest BCUT2D eigenvalue weighted by molar-refractivity contribution is 0.0970. The molecule has 1 N–H and O–H groups in total. The average Bonchev–Trinajstić information content (AvgIpc) is 3.20. The van der Waals surface area contributed by atoms with Gasteiger partial charge >= 0.3 is 0 Å². The monoisotopic (exact) mass is 362 g/mol. The van der Waals surface area contributed by atoms with Crippen LogP contribution in [0.4, 0.5) is 0 Å². The predicted molar refractivity (Wildman–Crippen MR) is 92.9 cm³/mol. The third kappa shape index (κ3) is 4.48. The number of thiazole rings is 1. The van der Waals surface area contributed by atoms with Crippen LogP contribution in [0.15, 0.2) is 68.0 Å². The van der Waals surface area contributed by atoms with Crippen molar-refractivity contribution in [2.75, 3.05) is 0 Å². The number of carbonyl (C=O) groups excluding carboxylic acids is 1. The summed E-state index contributed by atoms with van der Waals surface area (Å²) >= 11 is 8.87. The maximum Gasteiger partial charge on any atom is 0.255 e. The van der Waals surface area contributed by atoms with Gasteiger partial charge in [0.05, 0.1) is 0 Å². The van der Waals surface area contributed by atoms with Crippen LogP contribution in [0, 0.1) is 0 Å². The standard InChI is InChI=1S/C16H11ClN2O2S2/c17-12-3-1-2-11(10-12)15(20)18-7-6-13-4-5-14(21-13)23-16-19-8-9-22-16/h1-10H,(H,18,20)/b7-6+. The van der Waals surface area contributed by atoms with Crippen LogP contribution >= 0.6 is 34.7 Å². The van der Waals surface area contributed by atoms with Gasteiger partial charge in [0.2, 0.25) is 0 Å². The highest BCUT2D eigenvalue weighted by Crippen LogP contribution is 2.30. The number of nitrogens with one attached hydrogen (secondary N) is 1. The first-order valence-corrected chi connectivity index (χ1v) is 8.68. The van der Waals surface area contributed by atoms with Gasteiger partial charge < -0.3 is 9.73 Å². The summed E-state index contributed by atoms with van der Waals surface area (Å²) in [5.41, 5.74) is 0.501. The van der Waals surface area contributed by atoms with E-state index in [-0.39, 0.29) is 5.91 Å². The molecule has 0 unspecified atom stereocenters. The minimum absolute atomic E-state index is 0.229. The van der Waals surface area contributed by atoms with E-state index in [0.29, 0.717) is 16.3 Å². The van der Waals surface area contributed by atoms with Gasteiger partial charge in [-0.1, -0.05) is 17.7 Å². The van der Waals surface area contributed by atoms with E-state index in [9.17, 15) is 4.79 Å². The van der Waals surface area contributed by atoms with Gasteiger partial charge in [-0.3, -0.25) is 4.79 Å². The summed E-state index contributed by atoms with van der Waals surface area (Å²) in [4.78, 5) is 16.1. The molecule has 0 aliphatic carbocycles. The molecule has 7 heteroatoms. The fourth-order valence-corrected chi connectivity index (χ4v) is 3.45. The first-order valence-electron chi connectivity index (χ1n) is 6.61. The van der Waals surface area contributed by atoms with Crippen LogP contribution in [-0.4, -0.2) is 10.9 Å². The molecule has 0 atom stereocenters. The van der Waals surface area contributed by atoms with Gasteiger partial charge in [-0.15, -0.1) is 11.3 Å². The summed E-state index contributed by atoms with van der Waals surface area (Å²) in [7, 11) is 0. The summed E-state index contributed by atoms with van der Waals surface area (Å²) < 4.78 is 6.55. The number of hydrogen-bond donors (Lipinski definition) is 1. The second-order valence-electron chi connectivity index (χ2n) is 4.37. The van der Waals surface area contributed by atoms with E-state index < -0.39 is 0 Å². The lowest BCUT2D eigenvalue weighted by Gasteiger charge is -2.00. The van der Waals surface area contributed by atoms with Gasteiger partial charge in [0.15, 0.2) is 9.43 Å². The second-order valence-corrected chi connectivity index (χ2v) is 6.96. The Morgan fingerprint density at radius 1 is 1.35 bits per heavy atom. The average molecular weight is 363 g/mol. The Morgan fingerprint density at radius 3 is 3.04 bits per heavy atom. The molecule has 0 aliphatic rings. The van der Waals surface area contributed by atoms with Crippen molar-refractivity contribution in [1.82, 2.24) is 10.3 Å². The fourth-order valence-electron chi connectivity index (χ4n) is 1.74. The molecule has 2 heterocycles. The summed E-state index contributed by atoms with van der Waals surface area (Å²) in [6.07, 6.45) is 4.98. The van der Waals surface area contributed by atoms with Crippen molar-refractivity contribution in [2.24, 2.45) is 0 Å². The van der Waals surface area contributed by atoms with E-state index in [4.69, 9.17) is 16.0 Å². The minimum atomic E-state index is -0.229. The van der Waals surface area contributed by atoms with Crippen molar-refractivity contribution in [2.45, 2.75) is 9.43 Å². The van der Waals surface area contributed by atoms with Crippen LogP contribution in [0.3, 0.4) is 0 Å². The topological polar surface area (TPSA) is 55.1 Å². The van der Waals surface area contributed by atoms with E-state index in [1.54, 1.807) is 54.1 Å². The van der Waals surface area contributed by atoms with Crippen LogP contribution in [0.5, 0.6) is 0 Å². The van der Waals surface area contributed by atoms with Crippen molar-refractivity contribution in [3.05, 3.63) is 70.5 Å². The summed E-state index contributed by atoms with van der Waals surface area (Å²) in [5, 5.41) is 5.86. The number of hydrogen-bond acceptors (Lipinski definition) is 5. The van der Waals surface area contributed by atoms with Crippen LogP contribution in [0.25, 0.3) is 6.08 Å². The molecule has 2 aromatic heterocycles. The molecular weight excluding hydrogens is 352 g/mol. The van der Waals surface area contributed by atoms with Crippen molar-refractivity contribution in [1.29, 1.82) is 0 Å². The lowest BCUT2D eigenvalue weighted by atomic mass is 10.2. The number of carbonyl (C=O) groups is 1. The molecule has 1 aromatic carbocycles. The number of halogens is 1. The van der Waals surface area contributed by atoms with Gasteiger partial charge in [-0.05, 0) is 48.2 Å². The third-order valence-electron chi connectivity index (χ3n) is 2.75. The van der Waals surface area contributed by atoms with Gasteiger partial charge in [0.25, 0.3) is 5.91 Å². The number of nitrogens with zero attached hydrogens (tertiary/aromatic N) is 1. The maximum atomic E-state index is 11.9. The molecule has 0 aliphatic heterocycles. The van der Waals surface area contributed by atoms with Gasteiger partial charge in [-0.2, -0.15) is 0 Å².